The van der Waals surface area contributed by atoms with Crippen molar-refractivity contribution in [3.05, 3.63) is 41.2 Å². The van der Waals surface area contributed by atoms with Gasteiger partial charge in [-0.3, -0.25) is 4.79 Å². The van der Waals surface area contributed by atoms with E-state index in [4.69, 9.17) is 4.74 Å². The zero-order valence-corrected chi connectivity index (χ0v) is 15.9. The van der Waals surface area contributed by atoms with E-state index in [1.165, 1.54) is 17.4 Å². The van der Waals surface area contributed by atoms with Gasteiger partial charge in [0.15, 0.2) is 0 Å². The third kappa shape index (κ3) is 5.03. The Kier molecular flexibility index (Phi) is 6.39. The van der Waals surface area contributed by atoms with Crippen molar-refractivity contribution in [3.8, 4) is 10.6 Å². The molecular formula is C19H22FN3O3S. The molecule has 0 aliphatic carbocycles. The molecule has 0 saturated carbocycles. The zero-order valence-electron chi connectivity index (χ0n) is 15.1. The molecule has 1 fully saturated rings. The molecule has 1 N–H and O–H groups in total. The quantitative estimate of drug-likeness (QED) is 0.849. The number of hydrogen-bond donors (Lipinski definition) is 1. The van der Waals surface area contributed by atoms with Gasteiger partial charge in [-0.1, -0.05) is 12.1 Å². The second-order valence-corrected chi connectivity index (χ2v) is 7.19. The Labute approximate surface area is 161 Å². The molecule has 2 amide bonds. The van der Waals surface area contributed by atoms with E-state index in [0.717, 1.165) is 0 Å². The predicted octanol–water partition coefficient (Wildman–Crippen LogP) is 3.23. The van der Waals surface area contributed by atoms with Crippen LogP contribution >= 0.6 is 11.3 Å². The van der Waals surface area contributed by atoms with Gasteiger partial charge in [0, 0.05) is 30.1 Å². The van der Waals surface area contributed by atoms with Gasteiger partial charge < -0.3 is 15.0 Å². The number of benzene rings is 1. The summed E-state index contributed by atoms with van der Waals surface area (Å²) in [5, 5.41) is 5.34. The fourth-order valence-electron chi connectivity index (χ4n) is 3.01. The molecule has 1 aliphatic heterocycles. The minimum absolute atomic E-state index is 0.0350. The molecule has 2 heterocycles. The van der Waals surface area contributed by atoms with Gasteiger partial charge in [-0.2, -0.15) is 0 Å². The maximum atomic E-state index is 13.8. The SMILES string of the molecule is CCOC(=O)N1CCC(NC(=O)Cc2csc(-c3ccccc3F)n2)CC1. The van der Waals surface area contributed by atoms with Crippen LogP contribution in [0, 0.1) is 5.82 Å². The number of piperidine rings is 1. The standard InChI is InChI=1S/C19H22FN3O3S/c1-2-26-19(25)23-9-7-13(8-10-23)21-17(24)11-14-12-27-18(22-14)15-5-3-4-6-16(15)20/h3-6,12-13H,2,7-11H2,1H3,(H,21,24). The number of rotatable bonds is 5. The normalized spacial score (nSPS) is 14.8. The van der Waals surface area contributed by atoms with Gasteiger partial charge in [0.1, 0.15) is 10.8 Å². The van der Waals surface area contributed by atoms with Crippen molar-refractivity contribution in [2.24, 2.45) is 0 Å². The van der Waals surface area contributed by atoms with Crippen LogP contribution in [0.2, 0.25) is 0 Å². The van der Waals surface area contributed by atoms with Crippen molar-refractivity contribution in [2.45, 2.75) is 32.2 Å². The minimum atomic E-state index is -0.323. The van der Waals surface area contributed by atoms with E-state index in [1.807, 2.05) is 0 Å². The number of carbonyl (C=O) groups excluding carboxylic acids is 2. The number of hydrogen-bond acceptors (Lipinski definition) is 5. The molecule has 0 unspecified atom stereocenters. The first-order valence-corrected chi connectivity index (χ1v) is 9.85. The molecule has 27 heavy (non-hydrogen) atoms. The number of halogens is 1. The molecule has 144 valence electrons. The summed E-state index contributed by atoms with van der Waals surface area (Å²) in [7, 11) is 0. The summed E-state index contributed by atoms with van der Waals surface area (Å²) in [4.78, 5) is 30.0. The van der Waals surface area contributed by atoms with Crippen molar-refractivity contribution >= 4 is 23.3 Å². The van der Waals surface area contributed by atoms with Crippen LogP contribution in [0.3, 0.4) is 0 Å². The van der Waals surface area contributed by atoms with Crippen LogP contribution in [0.15, 0.2) is 29.6 Å². The Morgan fingerprint density at radius 2 is 2.07 bits per heavy atom. The van der Waals surface area contributed by atoms with Crippen LogP contribution < -0.4 is 5.32 Å². The molecule has 0 atom stereocenters. The van der Waals surface area contributed by atoms with Gasteiger partial charge in [-0.05, 0) is 31.9 Å². The van der Waals surface area contributed by atoms with Crippen molar-refractivity contribution in [1.29, 1.82) is 0 Å². The van der Waals surface area contributed by atoms with Crippen LogP contribution in [0.25, 0.3) is 10.6 Å². The molecule has 6 nitrogen and oxygen atoms in total. The maximum Gasteiger partial charge on any atom is 0.409 e. The van der Waals surface area contributed by atoms with E-state index in [1.54, 1.807) is 35.4 Å². The third-order valence-electron chi connectivity index (χ3n) is 4.38. The third-order valence-corrected chi connectivity index (χ3v) is 5.31. The first-order chi connectivity index (χ1) is 13.1. The van der Waals surface area contributed by atoms with E-state index in [2.05, 4.69) is 10.3 Å². The fourth-order valence-corrected chi connectivity index (χ4v) is 3.86. The Hall–Kier alpha value is -2.48. The Morgan fingerprint density at radius 1 is 1.33 bits per heavy atom. The lowest BCUT2D eigenvalue weighted by Gasteiger charge is -2.31. The predicted molar refractivity (Wildman–Crippen MR) is 101 cm³/mol. The summed E-state index contributed by atoms with van der Waals surface area (Å²) < 4.78 is 18.8. The molecule has 0 radical (unpaired) electrons. The van der Waals surface area contributed by atoms with Gasteiger partial charge in [0.05, 0.1) is 18.7 Å². The number of aromatic nitrogens is 1. The van der Waals surface area contributed by atoms with Gasteiger partial charge >= 0.3 is 6.09 Å². The molecule has 8 heteroatoms. The molecule has 0 spiro atoms. The van der Waals surface area contributed by atoms with Gasteiger partial charge in [-0.25, -0.2) is 14.2 Å². The lowest BCUT2D eigenvalue weighted by molar-refractivity contribution is -0.121. The van der Waals surface area contributed by atoms with Crippen LogP contribution in [-0.2, 0) is 16.0 Å². The largest absolute Gasteiger partial charge is 0.450 e. The van der Waals surface area contributed by atoms with E-state index >= 15 is 0 Å². The van der Waals surface area contributed by atoms with Crippen LogP contribution in [-0.4, -0.2) is 47.6 Å². The number of thiazole rings is 1. The molecule has 1 aromatic heterocycles. The van der Waals surface area contributed by atoms with Crippen LogP contribution in [0.5, 0.6) is 0 Å². The topological polar surface area (TPSA) is 71.5 Å². The number of carbonyl (C=O) groups is 2. The van der Waals surface area contributed by atoms with E-state index in [-0.39, 0.29) is 30.3 Å². The number of nitrogens with zero attached hydrogens (tertiary/aromatic N) is 2. The van der Waals surface area contributed by atoms with Gasteiger partial charge in [-0.15, -0.1) is 11.3 Å². The molecule has 3 rings (SSSR count). The Balaban J connectivity index is 1.49. The summed E-state index contributed by atoms with van der Waals surface area (Å²) in [6.07, 6.45) is 1.25. The highest BCUT2D eigenvalue weighted by Gasteiger charge is 2.24. The number of ether oxygens (including phenoxy) is 1. The highest BCUT2D eigenvalue weighted by Crippen LogP contribution is 2.26. The smallest absolute Gasteiger partial charge is 0.409 e. The summed E-state index contributed by atoms with van der Waals surface area (Å²) in [5.41, 5.74) is 1.07. The highest BCUT2D eigenvalue weighted by atomic mass is 32.1. The fraction of sp³-hybridized carbons (Fsp3) is 0.421. The second-order valence-electron chi connectivity index (χ2n) is 6.33. The Morgan fingerprint density at radius 3 is 2.78 bits per heavy atom. The molecule has 1 aliphatic rings. The second kappa shape index (κ2) is 8.94. The zero-order chi connectivity index (χ0) is 19.2. The first kappa shape index (κ1) is 19.3. The average Bonchev–Trinajstić information content (AvgIpc) is 3.11. The van der Waals surface area contributed by atoms with Gasteiger partial charge in [0.25, 0.3) is 0 Å². The monoisotopic (exact) mass is 391 g/mol. The lowest BCUT2D eigenvalue weighted by Crippen LogP contribution is -2.47. The number of likely N-dealkylation sites (tertiary alicyclic amines) is 1. The average molecular weight is 391 g/mol. The van der Waals surface area contributed by atoms with Crippen molar-refractivity contribution < 1.29 is 18.7 Å². The summed E-state index contributed by atoms with van der Waals surface area (Å²) in [6, 6.07) is 6.50. The maximum absolute atomic E-state index is 13.8. The molecule has 1 saturated heterocycles. The summed E-state index contributed by atoms with van der Waals surface area (Å²) in [5.74, 6) is -0.439. The van der Waals surface area contributed by atoms with E-state index < -0.39 is 0 Å². The molecule has 1 aromatic carbocycles. The lowest BCUT2D eigenvalue weighted by atomic mass is 10.1. The van der Waals surface area contributed by atoms with Crippen LogP contribution in [0.1, 0.15) is 25.5 Å². The molecular weight excluding hydrogens is 369 g/mol. The van der Waals surface area contributed by atoms with E-state index in [9.17, 15) is 14.0 Å². The summed E-state index contributed by atoms with van der Waals surface area (Å²) in [6.45, 7) is 3.27. The first-order valence-electron chi connectivity index (χ1n) is 8.97. The summed E-state index contributed by atoms with van der Waals surface area (Å²) >= 11 is 1.32. The van der Waals surface area contributed by atoms with Crippen LogP contribution in [0.4, 0.5) is 9.18 Å². The van der Waals surface area contributed by atoms with Crippen molar-refractivity contribution in [1.82, 2.24) is 15.2 Å². The van der Waals surface area contributed by atoms with Crippen molar-refractivity contribution in [2.75, 3.05) is 19.7 Å². The van der Waals surface area contributed by atoms with E-state index in [0.29, 0.717) is 48.8 Å². The van der Waals surface area contributed by atoms with Crippen molar-refractivity contribution in [3.63, 3.8) is 0 Å². The molecule has 0 bridgehead atoms. The molecule has 2 aromatic rings. The number of amides is 2. The Bertz CT molecular complexity index is 803. The minimum Gasteiger partial charge on any atom is -0.450 e. The number of nitrogens with one attached hydrogen (secondary N) is 1. The van der Waals surface area contributed by atoms with Gasteiger partial charge in [0.2, 0.25) is 5.91 Å². The highest BCUT2D eigenvalue weighted by molar-refractivity contribution is 7.13.